The number of aliphatic imine (C=N–C) groups is 1. The number of nitro groups is 1. The lowest BCUT2D eigenvalue weighted by Crippen LogP contribution is -2.32. The highest BCUT2D eigenvalue weighted by Gasteiger charge is 2.38. The molecule has 0 aromatic carbocycles. The van der Waals surface area contributed by atoms with Gasteiger partial charge in [-0.05, 0) is 31.7 Å². The van der Waals surface area contributed by atoms with Gasteiger partial charge in [0.1, 0.15) is 0 Å². The van der Waals surface area contributed by atoms with Crippen LogP contribution in [0.25, 0.3) is 0 Å². The summed E-state index contributed by atoms with van der Waals surface area (Å²) < 4.78 is 0. The van der Waals surface area contributed by atoms with Crippen molar-refractivity contribution in [3.05, 3.63) is 27.1 Å². The fourth-order valence-corrected chi connectivity index (χ4v) is 3.13. The van der Waals surface area contributed by atoms with Crippen molar-refractivity contribution in [1.29, 1.82) is 0 Å². The van der Waals surface area contributed by atoms with E-state index >= 15 is 0 Å². The summed E-state index contributed by atoms with van der Waals surface area (Å²) in [5, 5.41) is 10.8. The van der Waals surface area contributed by atoms with E-state index < -0.39 is 5.72 Å². The van der Waals surface area contributed by atoms with Crippen molar-refractivity contribution >= 4 is 22.2 Å². The smallest absolute Gasteiger partial charge is 0.258 e. The van der Waals surface area contributed by atoms with E-state index in [0.717, 1.165) is 41.9 Å². The van der Waals surface area contributed by atoms with Crippen LogP contribution < -0.4 is 5.48 Å². The Hall–Kier alpha value is -1.47. The topological polar surface area (TPSA) is 76.8 Å². The van der Waals surface area contributed by atoms with Crippen molar-refractivity contribution < 1.29 is 9.76 Å². The van der Waals surface area contributed by atoms with E-state index in [1.54, 1.807) is 6.07 Å². The summed E-state index contributed by atoms with van der Waals surface area (Å²) in [6, 6.07) is 3.20. The van der Waals surface area contributed by atoms with Gasteiger partial charge in [0, 0.05) is 6.07 Å². The summed E-state index contributed by atoms with van der Waals surface area (Å²) >= 11 is 1.11. The van der Waals surface area contributed by atoms with Gasteiger partial charge in [-0.25, -0.2) is 15.3 Å². The van der Waals surface area contributed by atoms with E-state index in [1.165, 1.54) is 12.5 Å². The third kappa shape index (κ3) is 1.99. The van der Waals surface area contributed by atoms with Crippen LogP contribution in [0.1, 0.15) is 37.0 Å². The quantitative estimate of drug-likeness (QED) is 0.660. The molecule has 18 heavy (non-hydrogen) atoms. The van der Waals surface area contributed by atoms with Crippen molar-refractivity contribution in [2.45, 2.75) is 37.8 Å². The highest BCUT2D eigenvalue weighted by Crippen LogP contribution is 2.36. The van der Waals surface area contributed by atoms with E-state index in [2.05, 4.69) is 10.5 Å². The number of hydrogen-bond acceptors (Lipinski definition) is 6. The molecule has 1 aliphatic carbocycles. The minimum Gasteiger partial charge on any atom is -0.258 e. The molecule has 3 rings (SSSR count). The Labute approximate surface area is 108 Å². The van der Waals surface area contributed by atoms with Crippen LogP contribution in [0.4, 0.5) is 5.00 Å². The molecule has 96 valence electrons. The molecule has 1 aliphatic heterocycles. The molecule has 1 N–H and O–H groups in total. The lowest BCUT2D eigenvalue weighted by Gasteiger charge is -2.27. The maximum Gasteiger partial charge on any atom is 0.324 e. The normalized spacial score (nSPS) is 21.7. The molecule has 0 saturated heterocycles. The maximum atomic E-state index is 10.6. The van der Waals surface area contributed by atoms with Crippen molar-refractivity contribution in [3.63, 3.8) is 0 Å². The van der Waals surface area contributed by atoms with Crippen LogP contribution in [0.3, 0.4) is 0 Å². The molecular weight excluding hydrogens is 254 g/mol. The molecule has 1 aromatic rings. The fourth-order valence-electron chi connectivity index (χ4n) is 2.37. The number of hydrogen-bond donors (Lipinski definition) is 1. The summed E-state index contributed by atoms with van der Waals surface area (Å²) in [4.78, 5) is 21.2. The van der Waals surface area contributed by atoms with E-state index in [-0.39, 0.29) is 9.92 Å². The van der Waals surface area contributed by atoms with Crippen LogP contribution in [-0.2, 0) is 4.84 Å². The molecule has 0 amide bonds. The molecular formula is C11H13N3O3S. The Morgan fingerprint density at radius 2 is 2.17 bits per heavy atom. The Kier molecular flexibility index (Phi) is 2.79. The Bertz CT molecular complexity index is 505. The molecule has 0 radical (unpaired) electrons. The Morgan fingerprint density at radius 1 is 1.39 bits per heavy atom. The van der Waals surface area contributed by atoms with E-state index in [4.69, 9.17) is 4.84 Å². The minimum atomic E-state index is -0.438. The number of rotatable bonds is 2. The second-order valence-corrected chi connectivity index (χ2v) is 5.63. The SMILES string of the molecule is O=[N+]([O-])c1ccc(C2=NC3(CCCCC3)ON2)s1. The van der Waals surface area contributed by atoms with Gasteiger partial charge in [-0.1, -0.05) is 17.8 Å². The molecule has 2 heterocycles. The van der Waals surface area contributed by atoms with Crippen LogP contribution in [0, 0.1) is 10.1 Å². The zero-order chi connectivity index (χ0) is 12.6. The first kappa shape index (κ1) is 11.6. The molecule has 7 heteroatoms. The average molecular weight is 267 g/mol. The first-order valence-corrected chi connectivity index (χ1v) is 6.79. The van der Waals surface area contributed by atoms with Gasteiger partial charge in [0.05, 0.1) is 9.80 Å². The van der Waals surface area contributed by atoms with E-state index in [1.807, 2.05) is 0 Å². The van der Waals surface area contributed by atoms with Crippen LogP contribution in [-0.4, -0.2) is 16.5 Å². The van der Waals surface area contributed by atoms with Gasteiger partial charge >= 0.3 is 5.00 Å². The standard InChI is InChI=1S/C11H13N3O3S/c15-14(16)9-5-4-8(18-9)10-12-11(17-13-10)6-2-1-3-7-11/h4-5H,1-3,6-7H2,(H,12,13). The molecule has 1 aromatic heterocycles. The van der Waals surface area contributed by atoms with Gasteiger partial charge in [-0.2, -0.15) is 0 Å². The fraction of sp³-hybridized carbons (Fsp3) is 0.545. The summed E-state index contributed by atoms with van der Waals surface area (Å²) in [7, 11) is 0. The third-order valence-corrected chi connectivity index (χ3v) is 4.34. The lowest BCUT2D eigenvalue weighted by atomic mass is 9.92. The first-order valence-electron chi connectivity index (χ1n) is 5.97. The number of nitrogens with one attached hydrogen (secondary N) is 1. The van der Waals surface area contributed by atoms with Crippen molar-refractivity contribution in [1.82, 2.24) is 5.48 Å². The maximum absolute atomic E-state index is 10.6. The van der Waals surface area contributed by atoms with Gasteiger partial charge in [-0.15, -0.1) is 0 Å². The second kappa shape index (κ2) is 4.33. The minimum absolute atomic E-state index is 0.124. The first-order chi connectivity index (χ1) is 8.69. The van der Waals surface area contributed by atoms with Gasteiger partial charge in [0.2, 0.25) is 0 Å². The molecule has 1 saturated carbocycles. The Balaban J connectivity index is 1.84. The molecule has 6 nitrogen and oxygen atoms in total. The van der Waals surface area contributed by atoms with E-state index in [0.29, 0.717) is 5.84 Å². The molecule has 1 spiro atoms. The van der Waals surface area contributed by atoms with Crippen molar-refractivity contribution in [2.75, 3.05) is 0 Å². The predicted octanol–water partition coefficient (Wildman–Crippen LogP) is 2.60. The van der Waals surface area contributed by atoms with Crippen LogP contribution in [0.5, 0.6) is 0 Å². The molecule has 0 bridgehead atoms. The van der Waals surface area contributed by atoms with Gasteiger partial charge in [-0.3, -0.25) is 10.1 Å². The summed E-state index contributed by atoms with van der Waals surface area (Å²) in [6.07, 6.45) is 5.28. The van der Waals surface area contributed by atoms with Crippen LogP contribution in [0.15, 0.2) is 17.1 Å². The summed E-state index contributed by atoms with van der Waals surface area (Å²) in [5.74, 6) is 0.620. The number of nitrogens with zero attached hydrogens (tertiary/aromatic N) is 2. The number of hydroxylamine groups is 1. The largest absolute Gasteiger partial charge is 0.324 e. The monoisotopic (exact) mass is 267 g/mol. The van der Waals surface area contributed by atoms with Crippen molar-refractivity contribution in [3.8, 4) is 0 Å². The summed E-state index contributed by atoms with van der Waals surface area (Å²) in [6.45, 7) is 0. The Morgan fingerprint density at radius 3 is 2.83 bits per heavy atom. The highest BCUT2D eigenvalue weighted by atomic mass is 32.1. The zero-order valence-electron chi connectivity index (χ0n) is 9.72. The van der Waals surface area contributed by atoms with Crippen molar-refractivity contribution in [2.24, 2.45) is 4.99 Å². The zero-order valence-corrected chi connectivity index (χ0v) is 10.5. The second-order valence-electron chi connectivity index (χ2n) is 4.57. The molecule has 0 atom stereocenters. The van der Waals surface area contributed by atoms with Gasteiger partial charge in [0.15, 0.2) is 11.6 Å². The van der Waals surface area contributed by atoms with Crippen LogP contribution in [0.2, 0.25) is 0 Å². The number of amidine groups is 1. The molecule has 2 aliphatic rings. The average Bonchev–Trinajstić information content (AvgIpc) is 2.97. The van der Waals surface area contributed by atoms with Gasteiger partial charge in [0.25, 0.3) is 0 Å². The molecule has 1 fully saturated rings. The number of thiophene rings is 1. The predicted molar refractivity (Wildman–Crippen MR) is 67.5 cm³/mol. The van der Waals surface area contributed by atoms with Gasteiger partial charge < -0.3 is 0 Å². The third-order valence-electron chi connectivity index (χ3n) is 3.29. The summed E-state index contributed by atoms with van der Waals surface area (Å²) in [5.41, 5.74) is 2.39. The lowest BCUT2D eigenvalue weighted by molar-refractivity contribution is -0.380. The molecule has 0 unspecified atom stereocenters. The van der Waals surface area contributed by atoms with Crippen LogP contribution >= 0.6 is 11.3 Å². The van der Waals surface area contributed by atoms with E-state index in [9.17, 15) is 10.1 Å². The highest BCUT2D eigenvalue weighted by molar-refractivity contribution is 7.17.